The molecule has 2 heterocycles. The van der Waals surface area contributed by atoms with E-state index in [1.54, 1.807) is 44.4 Å². The molecule has 0 N–H and O–H groups in total. The SMILES string of the molecule is COc1ccc(Oc2c(C)oc3cc(OC(=O)c4ccco4)ccc3c2=O)cc1. The average molecular weight is 392 g/mol. The monoisotopic (exact) mass is 392 g/mol. The topological polar surface area (TPSA) is 88.1 Å². The van der Waals surface area contributed by atoms with Crippen LogP contribution in [0.15, 0.2) is 74.5 Å². The maximum Gasteiger partial charge on any atom is 0.379 e. The van der Waals surface area contributed by atoms with E-state index in [4.69, 9.17) is 23.0 Å². The number of hydrogen-bond donors (Lipinski definition) is 0. The zero-order valence-electron chi connectivity index (χ0n) is 15.6. The third-order valence-electron chi connectivity index (χ3n) is 4.20. The van der Waals surface area contributed by atoms with Crippen molar-refractivity contribution in [1.82, 2.24) is 0 Å². The Morgan fingerprint density at radius 1 is 0.966 bits per heavy atom. The quantitative estimate of drug-likeness (QED) is 0.359. The van der Waals surface area contributed by atoms with Crippen LogP contribution in [0.2, 0.25) is 0 Å². The molecule has 0 aliphatic carbocycles. The number of methoxy groups -OCH3 is 1. The van der Waals surface area contributed by atoms with Crippen LogP contribution < -0.4 is 19.6 Å². The Hall–Kier alpha value is -4.00. The Bertz CT molecular complexity index is 1220. The molecule has 2 aromatic heterocycles. The molecule has 146 valence electrons. The number of carbonyl (C=O) groups excluding carboxylic acids is 1. The molecule has 0 fully saturated rings. The molecule has 0 bridgehead atoms. The molecule has 2 aromatic carbocycles. The third-order valence-corrected chi connectivity index (χ3v) is 4.20. The van der Waals surface area contributed by atoms with Crippen LogP contribution in [-0.2, 0) is 0 Å². The predicted octanol–water partition coefficient (Wildman–Crippen LogP) is 4.71. The molecule has 4 aromatic rings. The summed E-state index contributed by atoms with van der Waals surface area (Å²) < 4.78 is 26.8. The molecule has 0 unspecified atom stereocenters. The summed E-state index contributed by atoms with van der Waals surface area (Å²) in [5.74, 6) is 1.20. The van der Waals surface area contributed by atoms with Gasteiger partial charge in [-0.2, -0.15) is 0 Å². The number of hydrogen-bond acceptors (Lipinski definition) is 7. The smallest absolute Gasteiger partial charge is 0.379 e. The van der Waals surface area contributed by atoms with E-state index in [1.807, 2.05) is 0 Å². The van der Waals surface area contributed by atoms with Crippen LogP contribution >= 0.6 is 0 Å². The van der Waals surface area contributed by atoms with E-state index in [1.165, 1.54) is 30.5 Å². The lowest BCUT2D eigenvalue weighted by Gasteiger charge is -2.10. The van der Waals surface area contributed by atoms with Crippen molar-refractivity contribution >= 4 is 16.9 Å². The van der Waals surface area contributed by atoms with Gasteiger partial charge in [0.15, 0.2) is 0 Å². The van der Waals surface area contributed by atoms with Gasteiger partial charge in [0.25, 0.3) is 0 Å². The molecular formula is C22H16O7. The van der Waals surface area contributed by atoms with Crippen molar-refractivity contribution in [3.8, 4) is 23.0 Å². The van der Waals surface area contributed by atoms with Gasteiger partial charge in [0.2, 0.25) is 16.9 Å². The molecule has 4 rings (SSSR count). The standard InChI is InChI=1S/C22H16O7/c1-13-21(28-15-7-5-14(25-2)6-8-15)20(23)17-10-9-16(12-19(17)27-13)29-22(24)18-4-3-11-26-18/h3-12H,1-2H3. The highest BCUT2D eigenvalue weighted by Crippen LogP contribution is 2.28. The zero-order valence-corrected chi connectivity index (χ0v) is 15.6. The zero-order chi connectivity index (χ0) is 20.4. The molecule has 0 amide bonds. The average Bonchev–Trinajstić information content (AvgIpc) is 3.26. The Labute approximate surface area is 165 Å². The van der Waals surface area contributed by atoms with Gasteiger partial charge in [-0.05, 0) is 55.5 Å². The Morgan fingerprint density at radius 2 is 1.69 bits per heavy atom. The van der Waals surface area contributed by atoms with Gasteiger partial charge >= 0.3 is 5.97 Å². The van der Waals surface area contributed by atoms with Crippen LogP contribution in [0.25, 0.3) is 11.0 Å². The highest BCUT2D eigenvalue weighted by atomic mass is 16.5. The summed E-state index contributed by atoms with van der Waals surface area (Å²) in [5, 5.41) is 0.303. The Balaban J connectivity index is 1.64. The maximum atomic E-state index is 12.9. The number of aryl methyl sites for hydroxylation is 1. The van der Waals surface area contributed by atoms with Crippen LogP contribution in [0, 0.1) is 6.92 Å². The van der Waals surface area contributed by atoms with Gasteiger partial charge in [0.1, 0.15) is 28.6 Å². The Kier molecular flexibility index (Phi) is 4.78. The molecule has 7 heteroatoms. The van der Waals surface area contributed by atoms with Crippen LogP contribution in [0.4, 0.5) is 0 Å². The molecule has 0 aliphatic heterocycles. The first-order valence-corrected chi connectivity index (χ1v) is 8.70. The number of esters is 1. The van der Waals surface area contributed by atoms with E-state index in [2.05, 4.69) is 0 Å². The van der Waals surface area contributed by atoms with Gasteiger partial charge in [-0.1, -0.05) is 0 Å². The minimum atomic E-state index is -0.645. The highest BCUT2D eigenvalue weighted by Gasteiger charge is 2.16. The van der Waals surface area contributed by atoms with Crippen molar-refractivity contribution in [1.29, 1.82) is 0 Å². The largest absolute Gasteiger partial charge is 0.497 e. The number of fused-ring (bicyclic) bond motifs is 1. The van der Waals surface area contributed by atoms with Gasteiger partial charge in [0.05, 0.1) is 18.8 Å². The molecule has 0 atom stereocenters. The van der Waals surface area contributed by atoms with Gasteiger partial charge < -0.3 is 23.0 Å². The van der Waals surface area contributed by atoms with Crippen molar-refractivity contribution in [2.75, 3.05) is 7.11 Å². The summed E-state index contributed by atoms with van der Waals surface area (Å²) in [6.45, 7) is 1.63. The first-order valence-electron chi connectivity index (χ1n) is 8.70. The number of furan rings is 1. The van der Waals surface area contributed by atoms with Crippen molar-refractivity contribution in [2.24, 2.45) is 0 Å². The van der Waals surface area contributed by atoms with E-state index < -0.39 is 5.97 Å². The normalized spacial score (nSPS) is 10.7. The molecule has 0 aliphatic rings. The minimum absolute atomic E-state index is 0.0750. The predicted molar refractivity (Wildman–Crippen MR) is 104 cm³/mol. The number of rotatable bonds is 5. The molecule has 0 spiro atoms. The molecule has 0 saturated carbocycles. The molecule has 0 radical (unpaired) electrons. The fourth-order valence-electron chi connectivity index (χ4n) is 2.76. The first kappa shape index (κ1) is 18.4. The number of ether oxygens (including phenoxy) is 3. The molecule has 29 heavy (non-hydrogen) atoms. The summed E-state index contributed by atoms with van der Waals surface area (Å²) in [5.41, 5.74) is -0.0530. The fraction of sp³-hybridized carbons (Fsp3) is 0.0909. The summed E-state index contributed by atoms with van der Waals surface area (Å²) in [7, 11) is 1.57. The van der Waals surface area contributed by atoms with Crippen molar-refractivity contribution < 1.29 is 27.8 Å². The van der Waals surface area contributed by atoms with E-state index in [0.29, 0.717) is 22.6 Å². The summed E-state index contributed by atoms with van der Waals surface area (Å²) in [6, 6.07) is 14.4. The van der Waals surface area contributed by atoms with Crippen molar-refractivity contribution in [2.45, 2.75) is 6.92 Å². The second-order valence-electron chi connectivity index (χ2n) is 6.12. The number of benzene rings is 2. The van der Waals surface area contributed by atoms with Gasteiger partial charge in [-0.15, -0.1) is 0 Å². The van der Waals surface area contributed by atoms with Gasteiger partial charge in [0, 0.05) is 6.07 Å². The second-order valence-corrected chi connectivity index (χ2v) is 6.12. The van der Waals surface area contributed by atoms with Crippen LogP contribution in [-0.4, -0.2) is 13.1 Å². The second kappa shape index (κ2) is 7.55. The molecule has 0 saturated heterocycles. The van der Waals surface area contributed by atoms with Gasteiger partial charge in [-0.3, -0.25) is 4.79 Å². The summed E-state index contributed by atoms with van der Waals surface area (Å²) >= 11 is 0. The summed E-state index contributed by atoms with van der Waals surface area (Å²) in [4.78, 5) is 24.9. The first-order chi connectivity index (χ1) is 14.0. The number of carbonyl (C=O) groups is 1. The molecular weight excluding hydrogens is 376 g/mol. The van der Waals surface area contributed by atoms with Crippen LogP contribution in [0.5, 0.6) is 23.0 Å². The highest BCUT2D eigenvalue weighted by molar-refractivity contribution is 5.89. The van der Waals surface area contributed by atoms with Crippen LogP contribution in [0.3, 0.4) is 0 Å². The summed E-state index contributed by atoms with van der Waals surface area (Å²) in [6.07, 6.45) is 1.38. The fourth-order valence-corrected chi connectivity index (χ4v) is 2.76. The maximum absolute atomic E-state index is 12.9. The molecule has 7 nitrogen and oxygen atoms in total. The van der Waals surface area contributed by atoms with Crippen molar-refractivity contribution in [3.63, 3.8) is 0 Å². The Morgan fingerprint density at radius 3 is 2.38 bits per heavy atom. The lowest BCUT2D eigenvalue weighted by atomic mass is 10.2. The van der Waals surface area contributed by atoms with E-state index >= 15 is 0 Å². The third kappa shape index (κ3) is 3.70. The lowest BCUT2D eigenvalue weighted by Crippen LogP contribution is -2.09. The minimum Gasteiger partial charge on any atom is -0.497 e. The van der Waals surface area contributed by atoms with E-state index in [0.717, 1.165) is 0 Å². The van der Waals surface area contributed by atoms with E-state index in [-0.39, 0.29) is 28.3 Å². The van der Waals surface area contributed by atoms with E-state index in [9.17, 15) is 9.59 Å². The van der Waals surface area contributed by atoms with Gasteiger partial charge in [-0.25, -0.2) is 4.79 Å². The van der Waals surface area contributed by atoms with Crippen molar-refractivity contribution in [3.05, 3.63) is 82.6 Å². The lowest BCUT2D eigenvalue weighted by molar-refractivity contribution is 0.0701. The van der Waals surface area contributed by atoms with Crippen LogP contribution in [0.1, 0.15) is 16.3 Å².